The van der Waals surface area contributed by atoms with Crippen LogP contribution in [0.1, 0.15) is 5.82 Å². The number of alkyl halides is 3. The second kappa shape index (κ2) is 7.58. The highest BCUT2D eigenvalue weighted by Crippen LogP contribution is 2.31. The van der Waals surface area contributed by atoms with Crippen LogP contribution in [0.5, 0.6) is 0 Å². The summed E-state index contributed by atoms with van der Waals surface area (Å²) in [6.45, 7) is -0.0762. The number of amides is 1. The van der Waals surface area contributed by atoms with Gasteiger partial charge in [-0.1, -0.05) is 12.1 Å². The van der Waals surface area contributed by atoms with Crippen molar-refractivity contribution in [3.05, 3.63) is 54.4 Å². The number of fused-ring (bicyclic) bond motifs is 1. The van der Waals surface area contributed by atoms with E-state index in [1.54, 1.807) is 42.5 Å². The van der Waals surface area contributed by atoms with Crippen LogP contribution < -0.4 is 10.6 Å². The molecule has 0 spiro atoms. The van der Waals surface area contributed by atoms with Crippen LogP contribution in [-0.4, -0.2) is 29.6 Å². The summed E-state index contributed by atoms with van der Waals surface area (Å²) in [5.41, 5.74) is 1.23. The molecule has 0 aliphatic carbocycles. The lowest BCUT2D eigenvalue weighted by Gasteiger charge is -2.13. The number of carbonyl (C=O) groups excluding carboxylic acids is 1. The molecule has 0 radical (unpaired) electrons. The van der Waals surface area contributed by atoms with Crippen molar-refractivity contribution in [1.29, 1.82) is 0 Å². The van der Waals surface area contributed by atoms with E-state index in [-0.39, 0.29) is 23.8 Å². The number of aromatic nitrogens is 2. The number of ether oxygens (including phenoxy) is 1. The smallest absolute Gasteiger partial charge is 0.375 e. The van der Waals surface area contributed by atoms with E-state index in [1.165, 1.54) is 13.2 Å². The number of nitrogens with one attached hydrogen (secondary N) is 2. The zero-order valence-electron chi connectivity index (χ0n) is 14.2. The maximum absolute atomic E-state index is 13.1. The number of halogens is 3. The first-order chi connectivity index (χ1) is 12.9. The van der Waals surface area contributed by atoms with Gasteiger partial charge in [0.25, 0.3) is 0 Å². The van der Waals surface area contributed by atoms with Gasteiger partial charge in [0.2, 0.25) is 11.7 Å². The van der Waals surface area contributed by atoms with Crippen LogP contribution >= 0.6 is 0 Å². The highest BCUT2D eigenvalue weighted by molar-refractivity contribution is 5.92. The number of rotatable bonds is 5. The molecule has 0 aliphatic heterocycles. The van der Waals surface area contributed by atoms with Crippen molar-refractivity contribution in [2.75, 3.05) is 24.4 Å². The molecule has 2 aromatic carbocycles. The molecule has 0 fully saturated rings. The van der Waals surface area contributed by atoms with Crippen molar-refractivity contribution in [3.8, 4) is 0 Å². The second-order valence-electron chi connectivity index (χ2n) is 5.59. The minimum absolute atomic E-state index is 0.0455. The van der Waals surface area contributed by atoms with Gasteiger partial charge in [0, 0.05) is 23.9 Å². The molecule has 0 atom stereocenters. The van der Waals surface area contributed by atoms with Crippen molar-refractivity contribution in [3.63, 3.8) is 0 Å². The van der Waals surface area contributed by atoms with Gasteiger partial charge in [-0.2, -0.15) is 13.2 Å². The fourth-order valence-corrected chi connectivity index (χ4v) is 2.40. The summed E-state index contributed by atoms with van der Waals surface area (Å²) >= 11 is 0. The summed E-state index contributed by atoms with van der Waals surface area (Å²) in [6, 6.07) is 12.9. The Bertz CT molecular complexity index is 959. The quantitative estimate of drug-likeness (QED) is 0.705. The van der Waals surface area contributed by atoms with Crippen molar-refractivity contribution in [1.82, 2.24) is 9.97 Å². The van der Waals surface area contributed by atoms with E-state index in [9.17, 15) is 18.0 Å². The number of para-hydroxylation sites is 1. The third-order valence-corrected chi connectivity index (χ3v) is 3.56. The molecule has 140 valence electrons. The minimum Gasteiger partial charge on any atom is -0.375 e. The lowest BCUT2D eigenvalue weighted by molar-refractivity contribution is -0.144. The van der Waals surface area contributed by atoms with Gasteiger partial charge in [-0.25, -0.2) is 9.97 Å². The summed E-state index contributed by atoms with van der Waals surface area (Å²) in [7, 11) is 1.41. The Hall–Kier alpha value is -3.20. The van der Waals surface area contributed by atoms with E-state index in [4.69, 9.17) is 4.74 Å². The topological polar surface area (TPSA) is 76.1 Å². The molecule has 3 rings (SSSR count). The largest absolute Gasteiger partial charge is 0.451 e. The lowest BCUT2D eigenvalue weighted by Crippen LogP contribution is -2.16. The zero-order valence-corrected chi connectivity index (χ0v) is 14.2. The highest BCUT2D eigenvalue weighted by Gasteiger charge is 2.35. The molecule has 9 heteroatoms. The zero-order chi connectivity index (χ0) is 19.4. The van der Waals surface area contributed by atoms with Crippen molar-refractivity contribution < 1.29 is 22.7 Å². The Balaban J connectivity index is 1.88. The first kappa shape index (κ1) is 18.6. The first-order valence-electron chi connectivity index (χ1n) is 7.86. The molecule has 0 unspecified atom stereocenters. The monoisotopic (exact) mass is 376 g/mol. The number of methoxy groups -OCH3 is 1. The van der Waals surface area contributed by atoms with E-state index in [1.807, 2.05) is 0 Å². The summed E-state index contributed by atoms with van der Waals surface area (Å²) in [4.78, 5) is 18.7. The number of carbonyl (C=O) groups is 1. The number of hydrogen-bond acceptors (Lipinski definition) is 5. The molecule has 0 saturated carbocycles. The van der Waals surface area contributed by atoms with Crippen LogP contribution in [0.25, 0.3) is 10.9 Å². The van der Waals surface area contributed by atoms with Crippen LogP contribution in [0.15, 0.2) is 48.5 Å². The Morgan fingerprint density at radius 2 is 1.70 bits per heavy atom. The Morgan fingerprint density at radius 3 is 2.37 bits per heavy atom. The molecule has 0 aliphatic rings. The summed E-state index contributed by atoms with van der Waals surface area (Å²) in [5.74, 6) is -1.48. The SMILES string of the molecule is COCC(=O)Nc1ccc(Nc2nc(C(F)(F)F)nc3ccccc23)cc1. The predicted octanol–water partition coefficient (Wildman–Crippen LogP) is 3.98. The van der Waals surface area contributed by atoms with Gasteiger partial charge in [0.15, 0.2) is 0 Å². The minimum atomic E-state index is -4.66. The molecular formula is C18H15F3N4O2. The fourth-order valence-electron chi connectivity index (χ4n) is 2.40. The summed E-state index contributed by atoms with van der Waals surface area (Å²) < 4.78 is 43.9. The molecule has 1 heterocycles. The Labute approximate surface area is 152 Å². The molecular weight excluding hydrogens is 361 g/mol. The molecule has 2 N–H and O–H groups in total. The average Bonchev–Trinajstić information content (AvgIpc) is 2.62. The second-order valence-corrected chi connectivity index (χ2v) is 5.59. The van der Waals surface area contributed by atoms with E-state index in [0.29, 0.717) is 16.8 Å². The predicted molar refractivity (Wildman–Crippen MR) is 94.8 cm³/mol. The van der Waals surface area contributed by atoms with Gasteiger partial charge in [0.1, 0.15) is 12.4 Å². The standard InChI is InChI=1S/C18H15F3N4O2/c1-27-10-15(26)22-11-6-8-12(9-7-11)23-16-13-4-2-3-5-14(13)24-17(25-16)18(19,20)21/h2-9H,10H2,1H3,(H,22,26)(H,23,24,25). The molecule has 1 aromatic heterocycles. The molecule has 27 heavy (non-hydrogen) atoms. The molecule has 1 amide bonds. The van der Waals surface area contributed by atoms with Crippen molar-refractivity contribution in [2.45, 2.75) is 6.18 Å². The van der Waals surface area contributed by atoms with Gasteiger partial charge >= 0.3 is 6.18 Å². The third kappa shape index (κ3) is 4.50. The van der Waals surface area contributed by atoms with Crippen LogP contribution in [0.2, 0.25) is 0 Å². The summed E-state index contributed by atoms with van der Waals surface area (Å²) in [5, 5.41) is 5.96. The van der Waals surface area contributed by atoms with Crippen LogP contribution in [0.3, 0.4) is 0 Å². The van der Waals surface area contributed by atoms with Gasteiger partial charge in [-0.3, -0.25) is 4.79 Å². The van der Waals surface area contributed by atoms with Gasteiger partial charge in [-0.05, 0) is 36.4 Å². The molecule has 0 bridgehead atoms. The van der Waals surface area contributed by atoms with E-state index < -0.39 is 12.0 Å². The molecule has 6 nitrogen and oxygen atoms in total. The van der Waals surface area contributed by atoms with Crippen molar-refractivity contribution in [2.24, 2.45) is 0 Å². The van der Waals surface area contributed by atoms with Gasteiger partial charge < -0.3 is 15.4 Å². The normalized spacial score (nSPS) is 11.4. The Kier molecular flexibility index (Phi) is 5.22. The van der Waals surface area contributed by atoms with Crippen LogP contribution in [0, 0.1) is 0 Å². The van der Waals surface area contributed by atoms with Gasteiger partial charge in [-0.15, -0.1) is 0 Å². The van der Waals surface area contributed by atoms with Crippen molar-refractivity contribution >= 4 is 34.0 Å². The number of benzene rings is 2. The van der Waals surface area contributed by atoms with Crippen LogP contribution in [0.4, 0.5) is 30.4 Å². The maximum atomic E-state index is 13.1. The number of nitrogens with zero attached hydrogens (tertiary/aromatic N) is 2. The fraction of sp³-hybridized carbons (Fsp3) is 0.167. The van der Waals surface area contributed by atoms with Gasteiger partial charge in [0.05, 0.1) is 5.52 Å². The lowest BCUT2D eigenvalue weighted by atomic mass is 10.2. The Morgan fingerprint density at radius 1 is 1.04 bits per heavy atom. The third-order valence-electron chi connectivity index (χ3n) is 3.56. The highest BCUT2D eigenvalue weighted by atomic mass is 19.4. The van der Waals surface area contributed by atoms with E-state index in [0.717, 1.165) is 0 Å². The molecule has 3 aromatic rings. The maximum Gasteiger partial charge on any atom is 0.451 e. The first-order valence-corrected chi connectivity index (χ1v) is 7.86. The van der Waals surface area contributed by atoms with E-state index in [2.05, 4.69) is 20.6 Å². The number of hydrogen-bond donors (Lipinski definition) is 2. The van der Waals surface area contributed by atoms with Crippen LogP contribution in [-0.2, 0) is 15.7 Å². The molecule has 0 saturated heterocycles. The summed E-state index contributed by atoms with van der Waals surface area (Å²) in [6.07, 6.45) is -4.66. The van der Waals surface area contributed by atoms with E-state index >= 15 is 0 Å². The number of anilines is 3. The average molecular weight is 376 g/mol.